The Hall–Kier alpha value is -2.56. The topological polar surface area (TPSA) is 66.0 Å². The maximum atomic E-state index is 13.6. The van der Waals surface area contributed by atoms with Crippen molar-refractivity contribution in [1.82, 2.24) is 20.3 Å². The van der Waals surface area contributed by atoms with Gasteiger partial charge in [0.25, 0.3) is 5.92 Å². The third kappa shape index (κ3) is 5.38. The molecule has 0 radical (unpaired) electrons. The largest absolute Gasteiger partial charge is 0.416 e. The molecule has 0 saturated carbocycles. The average Bonchev–Trinajstić information content (AvgIpc) is 2.74. The van der Waals surface area contributed by atoms with Gasteiger partial charge in [0.2, 0.25) is 5.95 Å². The summed E-state index contributed by atoms with van der Waals surface area (Å²) in [5, 5.41) is 6.12. The van der Waals surface area contributed by atoms with Gasteiger partial charge in [-0.2, -0.15) is 18.2 Å². The van der Waals surface area contributed by atoms with Crippen molar-refractivity contribution in [2.75, 3.05) is 36.4 Å². The highest BCUT2D eigenvalue weighted by Crippen LogP contribution is 2.33. The Morgan fingerprint density at radius 2 is 1.74 bits per heavy atom. The Kier molecular flexibility index (Phi) is 5.96. The van der Waals surface area contributed by atoms with Crippen LogP contribution in [0.15, 0.2) is 24.4 Å². The summed E-state index contributed by atoms with van der Waals surface area (Å²) < 4.78 is 66.2. The van der Waals surface area contributed by atoms with Crippen molar-refractivity contribution in [1.29, 1.82) is 0 Å². The molecule has 2 aliphatic heterocycles. The first kappa shape index (κ1) is 21.7. The lowest BCUT2D eigenvalue weighted by molar-refractivity contribution is -0.137. The van der Waals surface area contributed by atoms with Crippen LogP contribution in [-0.4, -0.2) is 47.1 Å². The molecule has 2 aromatic heterocycles. The van der Waals surface area contributed by atoms with Crippen LogP contribution in [0.3, 0.4) is 0 Å². The number of halogens is 5. The molecule has 0 unspecified atom stereocenters. The Labute approximate surface area is 176 Å². The number of anilines is 3. The number of piperidine rings is 2. The summed E-state index contributed by atoms with van der Waals surface area (Å²) in [7, 11) is 0. The maximum Gasteiger partial charge on any atom is 0.416 e. The first-order valence-electron chi connectivity index (χ1n) is 10.2. The number of alkyl halides is 5. The van der Waals surface area contributed by atoms with Crippen molar-refractivity contribution in [3.05, 3.63) is 35.7 Å². The number of hydrogen-bond acceptors (Lipinski definition) is 6. The van der Waals surface area contributed by atoms with E-state index in [0.29, 0.717) is 11.8 Å². The fraction of sp³-hybridized carbons (Fsp3) is 0.550. The maximum absolute atomic E-state index is 13.6. The van der Waals surface area contributed by atoms with Gasteiger partial charge in [0.1, 0.15) is 11.6 Å². The molecule has 0 spiro atoms. The fourth-order valence-electron chi connectivity index (χ4n) is 3.83. The van der Waals surface area contributed by atoms with E-state index < -0.39 is 17.7 Å². The van der Waals surface area contributed by atoms with Gasteiger partial charge in [-0.1, -0.05) is 0 Å². The summed E-state index contributed by atoms with van der Waals surface area (Å²) in [6, 6.07) is 3.51. The van der Waals surface area contributed by atoms with Crippen molar-refractivity contribution in [2.24, 2.45) is 0 Å². The number of nitrogens with zero attached hydrogens (tertiary/aromatic N) is 4. The minimum absolute atomic E-state index is 0.000846. The SMILES string of the molecule is FC1(F)CCN(c2nc(Nc3cc(C(F)(F)F)ccn3)cc(C3CCNCC3)n2)CC1. The van der Waals surface area contributed by atoms with Gasteiger partial charge in [-0.3, -0.25) is 0 Å². The van der Waals surface area contributed by atoms with Crippen LogP contribution >= 0.6 is 0 Å². The summed E-state index contributed by atoms with van der Waals surface area (Å²) in [6.45, 7) is 1.89. The summed E-state index contributed by atoms with van der Waals surface area (Å²) in [5.41, 5.74) is -0.0746. The first-order chi connectivity index (χ1) is 14.7. The van der Waals surface area contributed by atoms with E-state index in [1.807, 2.05) is 0 Å². The predicted octanol–water partition coefficient (Wildman–Crippen LogP) is 4.34. The van der Waals surface area contributed by atoms with E-state index >= 15 is 0 Å². The van der Waals surface area contributed by atoms with E-state index in [0.717, 1.165) is 50.0 Å². The van der Waals surface area contributed by atoms with Gasteiger partial charge in [-0.05, 0) is 38.1 Å². The van der Waals surface area contributed by atoms with Crippen molar-refractivity contribution >= 4 is 17.6 Å². The van der Waals surface area contributed by atoms with Crippen LogP contribution in [0.2, 0.25) is 0 Å². The lowest BCUT2D eigenvalue weighted by Crippen LogP contribution is -2.40. The van der Waals surface area contributed by atoms with E-state index in [4.69, 9.17) is 0 Å². The summed E-state index contributed by atoms with van der Waals surface area (Å²) in [4.78, 5) is 14.7. The molecular weight excluding hydrogens is 419 g/mol. The summed E-state index contributed by atoms with van der Waals surface area (Å²) >= 11 is 0. The average molecular weight is 442 g/mol. The fourth-order valence-corrected chi connectivity index (χ4v) is 3.83. The number of pyridine rings is 1. The van der Waals surface area contributed by atoms with E-state index in [1.54, 1.807) is 11.0 Å². The zero-order valence-electron chi connectivity index (χ0n) is 16.7. The zero-order valence-corrected chi connectivity index (χ0v) is 16.7. The molecule has 2 aliphatic rings. The molecule has 0 aromatic carbocycles. The molecule has 2 fully saturated rings. The van der Waals surface area contributed by atoms with Crippen LogP contribution in [-0.2, 0) is 6.18 Å². The van der Waals surface area contributed by atoms with Gasteiger partial charge >= 0.3 is 6.18 Å². The third-order valence-corrected chi connectivity index (χ3v) is 5.61. The molecule has 2 N–H and O–H groups in total. The molecule has 4 rings (SSSR count). The number of hydrogen-bond donors (Lipinski definition) is 2. The second-order valence-corrected chi connectivity index (χ2v) is 7.90. The molecular formula is C20H23F5N6. The Morgan fingerprint density at radius 1 is 1.03 bits per heavy atom. The molecule has 31 heavy (non-hydrogen) atoms. The van der Waals surface area contributed by atoms with E-state index in [2.05, 4.69) is 25.6 Å². The molecule has 2 saturated heterocycles. The molecule has 0 bridgehead atoms. The van der Waals surface area contributed by atoms with Crippen LogP contribution in [0, 0.1) is 0 Å². The van der Waals surface area contributed by atoms with Gasteiger partial charge in [0.05, 0.1) is 11.3 Å². The lowest BCUT2D eigenvalue weighted by atomic mass is 9.94. The Bertz CT molecular complexity index is 903. The molecule has 6 nitrogen and oxygen atoms in total. The highest BCUT2D eigenvalue weighted by Gasteiger charge is 2.35. The molecule has 2 aromatic rings. The number of rotatable bonds is 4. The number of aromatic nitrogens is 3. The summed E-state index contributed by atoms with van der Waals surface area (Å²) in [5.74, 6) is -1.94. The van der Waals surface area contributed by atoms with E-state index in [1.165, 1.54) is 0 Å². The molecule has 168 valence electrons. The third-order valence-electron chi connectivity index (χ3n) is 5.61. The summed E-state index contributed by atoms with van der Waals surface area (Å²) in [6.07, 6.45) is -2.27. The molecule has 0 atom stereocenters. The Balaban J connectivity index is 1.63. The highest BCUT2D eigenvalue weighted by molar-refractivity contribution is 5.55. The van der Waals surface area contributed by atoms with Crippen molar-refractivity contribution in [3.8, 4) is 0 Å². The van der Waals surface area contributed by atoms with Crippen LogP contribution in [0.25, 0.3) is 0 Å². The quantitative estimate of drug-likeness (QED) is 0.687. The van der Waals surface area contributed by atoms with E-state index in [-0.39, 0.29) is 37.7 Å². The lowest BCUT2D eigenvalue weighted by Gasteiger charge is -2.32. The smallest absolute Gasteiger partial charge is 0.340 e. The van der Waals surface area contributed by atoms with Gasteiger partial charge in [0, 0.05) is 44.1 Å². The molecule has 4 heterocycles. The second-order valence-electron chi connectivity index (χ2n) is 7.90. The van der Waals surface area contributed by atoms with Crippen molar-refractivity contribution in [2.45, 2.75) is 43.7 Å². The van der Waals surface area contributed by atoms with Crippen LogP contribution < -0.4 is 15.5 Å². The minimum atomic E-state index is -4.49. The predicted molar refractivity (Wildman–Crippen MR) is 106 cm³/mol. The zero-order chi connectivity index (χ0) is 22.1. The highest BCUT2D eigenvalue weighted by atomic mass is 19.4. The normalized spacial score (nSPS) is 20.0. The van der Waals surface area contributed by atoms with Crippen LogP contribution in [0.1, 0.15) is 42.9 Å². The second kappa shape index (κ2) is 8.52. The van der Waals surface area contributed by atoms with Crippen molar-refractivity contribution < 1.29 is 22.0 Å². The number of nitrogens with one attached hydrogen (secondary N) is 2. The Morgan fingerprint density at radius 3 is 2.42 bits per heavy atom. The first-order valence-corrected chi connectivity index (χ1v) is 10.2. The standard InChI is InChI=1S/C20H23F5N6/c21-19(22)4-9-31(10-5-19)18-28-15(13-1-6-26-7-2-13)12-17(30-18)29-16-11-14(3-8-27-16)20(23,24)25/h3,8,11-13,26H,1-2,4-7,9-10H2,(H,27,28,29,30). The monoisotopic (exact) mass is 442 g/mol. The van der Waals surface area contributed by atoms with Gasteiger partial charge < -0.3 is 15.5 Å². The molecule has 11 heteroatoms. The van der Waals surface area contributed by atoms with Gasteiger partial charge in [0.15, 0.2) is 0 Å². The molecule has 0 aliphatic carbocycles. The van der Waals surface area contributed by atoms with Crippen LogP contribution in [0.4, 0.5) is 39.5 Å². The minimum Gasteiger partial charge on any atom is -0.340 e. The molecule has 0 amide bonds. The van der Waals surface area contributed by atoms with Crippen LogP contribution in [0.5, 0.6) is 0 Å². The van der Waals surface area contributed by atoms with E-state index in [9.17, 15) is 22.0 Å². The van der Waals surface area contributed by atoms with Crippen molar-refractivity contribution in [3.63, 3.8) is 0 Å². The van der Waals surface area contributed by atoms with Gasteiger partial charge in [-0.15, -0.1) is 0 Å². The van der Waals surface area contributed by atoms with Gasteiger partial charge in [-0.25, -0.2) is 18.7 Å².